The van der Waals surface area contributed by atoms with Gasteiger partial charge < -0.3 is 9.88 Å². The fraction of sp³-hybridized carbons (Fsp3) is 0.130. The fourth-order valence-electron chi connectivity index (χ4n) is 3.27. The van der Waals surface area contributed by atoms with Gasteiger partial charge in [0.2, 0.25) is 0 Å². The van der Waals surface area contributed by atoms with Gasteiger partial charge in [-0.2, -0.15) is 13.2 Å². The molecule has 1 N–H and O–H groups in total. The summed E-state index contributed by atoms with van der Waals surface area (Å²) in [6.07, 6.45) is -3.27. The summed E-state index contributed by atoms with van der Waals surface area (Å²) in [5.74, 6) is -1.68. The van der Waals surface area contributed by atoms with Crippen molar-refractivity contribution in [1.29, 1.82) is 0 Å². The first-order valence-electron chi connectivity index (χ1n) is 10.0. The number of pyridine rings is 1. The molecule has 0 atom stereocenters. The lowest BCUT2D eigenvalue weighted by Gasteiger charge is -2.11. The quantitative estimate of drug-likeness (QED) is 0.436. The van der Waals surface area contributed by atoms with E-state index >= 15 is 0 Å². The molecule has 1 amide bonds. The maximum absolute atomic E-state index is 13.7. The lowest BCUT2D eigenvalue weighted by molar-refractivity contribution is -0.143. The Morgan fingerprint density at radius 3 is 2.26 bits per heavy atom. The molecule has 0 fully saturated rings. The van der Waals surface area contributed by atoms with Crippen LogP contribution in [0.3, 0.4) is 0 Å². The molecule has 0 unspecified atom stereocenters. The maximum atomic E-state index is 13.7. The Balaban J connectivity index is 1.48. The SMILES string of the molecule is O=C(NCc1ccc(Cn2ccccc2=O)cc1)c1nnn(-c2ccc(F)cc2)c1C(F)(F)F. The smallest absolute Gasteiger partial charge is 0.346 e. The standard InChI is InChI=1S/C23H17F4N5O2/c24-17-8-10-18(11-9-17)32-21(23(25,26)27)20(29-30-32)22(34)28-13-15-4-6-16(7-5-15)14-31-12-2-1-3-19(31)33/h1-12H,13-14H2,(H,28,34). The van der Waals surface area contributed by atoms with Crippen molar-refractivity contribution in [3.05, 3.63) is 112 Å². The highest BCUT2D eigenvalue weighted by Gasteiger charge is 2.42. The van der Waals surface area contributed by atoms with Gasteiger partial charge >= 0.3 is 6.18 Å². The second-order valence-corrected chi connectivity index (χ2v) is 7.34. The van der Waals surface area contributed by atoms with E-state index in [1.165, 1.54) is 10.6 Å². The summed E-state index contributed by atoms with van der Waals surface area (Å²) < 4.78 is 56.2. The average molecular weight is 471 g/mol. The van der Waals surface area contributed by atoms with Gasteiger partial charge in [-0.25, -0.2) is 9.07 Å². The third-order valence-electron chi connectivity index (χ3n) is 4.95. The van der Waals surface area contributed by atoms with E-state index in [4.69, 9.17) is 0 Å². The molecule has 0 saturated heterocycles. The van der Waals surface area contributed by atoms with Gasteiger partial charge in [-0.05, 0) is 41.5 Å². The summed E-state index contributed by atoms with van der Waals surface area (Å²) in [5.41, 5.74) is -1.01. The lowest BCUT2D eigenvalue weighted by atomic mass is 10.1. The molecule has 11 heteroatoms. The van der Waals surface area contributed by atoms with E-state index in [1.807, 2.05) is 0 Å². The first kappa shape index (κ1) is 22.9. The van der Waals surface area contributed by atoms with Gasteiger partial charge in [0.15, 0.2) is 11.4 Å². The van der Waals surface area contributed by atoms with Crippen molar-refractivity contribution < 1.29 is 22.4 Å². The van der Waals surface area contributed by atoms with Gasteiger partial charge in [0.25, 0.3) is 11.5 Å². The Bertz CT molecular complexity index is 1360. The average Bonchev–Trinajstić information content (AvgIpc) is 3.26. The zero-order valence-electron chi connectivity index (χ0n) is 17.5. The fourth-order valence-corrected chi connectivity index (χ4v) is 3.27. The topological polar surface area (TPSA) is 81.8 Å². The van der Waals surface area contributed by atoms with Crippen molar-refractivity contribution in [2.75, 3.05) is 0 Å². The maximum Gasteiger partial charge on any atom is 0.435 e. The molecule has 0 aliphatic heterocycles. The van der Waals surface area contributed by atoms with Crippen LogP contribution in [-0.4, -0.2) is 25.5 Å². The monoisotopic (exact) mass is 471 g/mol. The molecule has 0 radical (unpaired) electrons. The Kier molecular flexibility index (Phi) is 6.26. The highest BCUT2D eigenvalue weighted by Crippen LogP contribution is 2.32. The van der Waals surface area contributed by atoms with Gasteiger partial charge in [0, 0.05) is 18.8 Å². The molecule has 0 bridgehead atoms. The number of rotatable bonds is 6. The predicted molar refractivity (Wildman–Crippen MR) is 114 cm³/mol. The Hall–Kier alpha value is -4.28. The van der Waals surface area contributed by atoms with E-state index < -0.39 is 29.3 Å². The van der Waals surface area contributed by atoms with Gasteiger partial charge in [-0.15, -0.1) is 5.10 Å². The zero-order valence-corrected chi connectivity index (χ0v) is 17.5. The number of aromatic nitrogens is 4. The van der Waals surface area contributed by atoms with Crippen molar-refractivity contribution in [1.82, 2.24) is 24.9 Å². The van der Waals surface area contributed by atoms with E-state index in [0.717, 1.165) is 29.8 Å². The van der Waals surface area contributed by atoms with Crippen LogP contribution in [0.15, 0.2) is 77.7 Å². The van der Waals surface area contributed by atoms with Crippen LogP contribution in [-0.2, 0) is 19.3 Å². The summed E-state index contributed by atoms with van der Waals surface area (Å²) in [7, 11) is 0. The van der Waals surface area contributed by atoms with Crippen LogP contribution in [0.4, 0.5) is 17.6 Å². The number of hydrogen-bond donors (Lipinski definition) is 1. The summed E-state index contributed by atoms with van der Waals surface area (Å²) in [5, 5.41) is 9.28. The second kappa shape index (κ2) is 9.30. The van der Waals surface area contributed by atoms with Gasteiger partial charge in [-0.3, -0.25) is 9.59 Å². The van der Waals surface area contributed by atoms with E-state index in [1.54, 1.807) is 42.6 Å². The number of hydrogen-bond acceptors (Lipinski definition) is 4. The normalized spacial score (nSPS) is 11.4. The molecular formula is C23H17F4N5O2. The molecule has 4 rings (SSSR count). The van der Waals surface area contributed by atoms with E-state index in [-0.39, 0.29) is 17.8 Å². The predicted octanol–water partition coefficient (Wildman–Crippen LogP) is 3.57. The lowest BCUT2D eigenvalue weighted by Crippen LogP contribution is -2.27. The van der Waals surface area contributed by atoms with Crippen LogP contribution < -0.4 is 10.9 Å². The summed E-state index contributed by atoms with van der Waals surface area (Å²) in [4.78, 5) is 24.3. The molecule has 0 aliphatic rings. The number of alkyl halides is 3. The van der Waals surface area contributed by atoms with E-state index in [2.05, 4.69) is 15.6 Å². The van der Waals surface area contributed by atoms with Crippen molar-refractivity contribution in [3.8, 4) is 5.69 Å². The van der Waals surface area contributed by atoms with Crippen LogP contribution in [0, 0.1) is 5.82 Å². The number of carbonyl (C=O) groups excluding carboxylic acids is 1. The zero-order chi connectivity index (χ0) is 24.3. The number of benzene rings is 2. The van der Waals surface area contributed by atoms with Crippen LogP contribution in [0.25, 0.3) is 5.69 Å². The van der Waals surface area contributed by atoms with Crippen LogP contribution >= 0.6 is 0 Å². The Labute approximate surface area is 190 Å². The van der Waals surface area contributed by atoms with Crippen molar-refractivity contribution in [2.24, 2.45) is 0 Å². The van der Waals surface area contributed by atoms with E-state index in [0.29, 0.717) is 16.8 Å². The molecule has 0 aliphatic carbocycles. The molecular weight excluding hydrogens is 454 g/mol. The Morgan fingerprint density at radius 2 is 1.62 bits per heavy atom. The molecule has 2 aromatic carbocycles. The number of nitrogens with one attached hydrogen (secondary N) is 1. The van der Waals surface area contributed by atoms with Gasteiger partial charge in [0.1, 0.15) is 5.82 Å². The third-order valence-corrected chi connectivity index (χ3v) is 4.95. The summed E-state index contributed by atoms with van der Waals surface area (Å²) in [6.45, 7) is 0.304. The summed E-state index contributed by atoms with van der Waals surface area (Å²) >= 11 is 0. The number of nitrogens with zero attached hydrogens (tertiary/aromatic N) is 4. The van der Waals surface area contributed by atoms with Crippen molar-refractivity contribution in [3.63, 3.8) is 0 Å². The molecule has 2 aromatic heterocycles. The van der Waals surface area contributed by atoms with E-state index in [9.17, 15) is 27.2 Å². The van der Waals surface area contributed by atoms with Crippen LogP contribution in [0.1, 0.15) is 27.3 Å². The number of amides is 1. The highest BCUT2D eigenvalue weighted by molar-refractivity contribution is 5.93. The molecule has 174 valence electrons. The van der Waals surface area contributed by atoms with Gasteiger partial charge in [0.05, 0.1) is 12.2 Å². The van der Waals surface area contributed by atoms with Crippen molar-refractivity contribution in [2.45, 2.75) is 19.3 Å². The first-order valence-corrected chi connectivity index (χ1v) is 10.0. The molecule has 34 heavy (non-hydrogen) atoms. The molecule has 7 nitrogen and oxygen atoms in total. The molecule has 2 heterocycles. The van der Waals surface area contributed by atoms with Crippen molar-refractivity contribution >= 4 is 5.91 Å². The summed E-state index contributed by atoms with van der Waals surface area (Å²) in [6, 6.07) is 15.9. The second-order valence-electron chi connectivity index (χ2n) is 7.34. The van der Waals surface area contributed by atoms with Crippen LogP contribution in [0.2, 0.25) is 0 Å². The minimum absolute atomic E-state index is 0.0505. The third kappa shape index (κ3) is 5.03. The minimum atomic E-state index is -4.93. The first-order chi connectivity index (χ1) is 16.2. The number of halogens is 4. The molecule has 0 saturated carbocycles. The molecule has 4 aromatic rings. The minimum Gasteiger partial charge on any atom is -0.346 e. The number of carbonyl (C=O) groups is 1. The van der Waals surface area contributed by atoms with Gasteiger partial charge in [-0.1, -0.05) is 35.5 Å². The largest absolute Gasteiger partial charge is 0.435 e. The highest BCUT2D eigenvalue weighted by atomic mass is 19.4. The van der Waals surface area contributed by atoms with Crippen LogP contribution in [0.5, 0.6) is 0 Å². The molecule has 0 spiro atoms. The Morgan fingerprint density at radius 1 is 0.941 bits per heavy atom.